The summed E-state index contributed by atoms with van der Waals surface area (Å²) in [6, 6.07) is 8.55. The van der Waals surface area contributed by atoms with Gasteiger partial charge in [-0.2, -0.15) is 0 Å². The topological polar surface area (TPSA) is 94.2 Å². The molecule has 1 saturated carbocycles. The van der Waals surface area contributed by atoms with Gasteiger partial charge in [0.2, 0.25) is 10.0 Å². The Balaban J connectivity index is 1.47. The number of amides is 1. The van der Waals surface area contributed by atoms with Crippen LogP contribution in [0.25, 0.3) is 0 Å². The van der Waals surface area contributed by atoms with E-state index in [1.54, 1.807) is 38.3 Å². The second-order valence-corrected chi connectivity index (χ2v) is 15.8. The fraction of sp³-hybridized carbons (Fsp3) is 0.571. The average molecular weight is 675 g/mol. The third-order valence-electron chi connectivity index (χ3n) is 10.8. The van der Waals surface area contributed by atoms with E-state index in [9.17, 15) is 13.2 Å². The molecule has 0 saturated heterocycles. The molecule has 6 rings (SSSR count). The summed E-state index contributed by atoms with van der Waals surface area (Å²) >= 11 is 6.25. The smallest absolute Gasteiger partial charge is 0.264 e. The molecule has 1 fully saturated rings. The second kappa shape index (κ2) is 13.5. The number of rotatable bonds is 4. The van der Waals surface area contributed by atoms with Crippen LogP contribution in [0.1, 0.15) is 67.4 Å². The second-order valence-electron chi connectivity index (χ2n) is 13.4. The quantitative estimate of drug-likeness (QED) is 0.300. The van der Waals surface area contributed by atoms with Crippen molar-refractivity contribution in [2.75, 3.05) is 38.4 Å². The highest BCUT2D eigenvalue weighted by Crippen LogP contribution is 2.52. The van der Waals surface area contributed by atoms with Gasteiger partial charge in [-0.05, 0) is 105 Å². The number of nitrogens with zero attached hydrogens (tertiary/aromatic N) is 1. The highest BCUT2D eigenvalue weighted by atomic mass is 35.5. The van der Waals surface area contributed by atoms with E-state index in [1.165, 1.54) is 0 Å². The lowest BCUT2D eigenvalue weighted by Gasteiger charge is -2.50. The summed E-state index contributed by atoms with van der Waals surface area (Å²) < 4.78 is 63.3. The van der Waals surface area contributed by atoms with Crippen molar-refractivity contribution in [3.8, 4) is 5.75 Å². The van der Waals surface area contributed by atoms with E-state index in [0.29, 0.717) is 69.2 Å². The van der Waals surface area contributed by atoms with Gasteiger partial charge in [0.05, 0.1) is 41.4 Å². The largest absolute Gasteiger partial charge is 0.491 e. The Bertz CT molecular complexity index is 1600. The summed E-state index contributed by atoms with van der Waals surface area (Å²) in [5, 5.41) is -0.718. The number of allylic oxidation sites excluding steroid dienone is 1. The van der Waals surface area contributed by atoms with Crippen LogP contribution < -0.4 is 14.4 Å². The number of sulfonamides is 1. The summed E-state index contributed by atoms with van der Waals surface area (Å²) in [6.45, 7) is 5.88. The first-order valence-electron chi connectivity index (χ1n) is 16.4. The zero-order valence-corrected chi connectivity index (χ0v) is 28.3. The van der Waals surface area contributed by atoms with Gasteiger partial charge in [-0.3, -0.25) is 4.79 Å². The van der Waals surface area contributed by atoms with E-state index in [-0.39, 0.29) is 34.3 Å². The van der Waals surface area contributed by atoms with E-state index < -0.39 is 32.6 Å². The summed E-state index contributed by atoms with van der Waals surface area (Å²) in [5.41, 5.74) is 1.75. The van der Waals surface area contributed by atoms with Gasteiger partial charge >= 0.3 is 0 Å². The van der Waals surface area contributed by atoms with Crippen molar-refractivity contribution >= 4 is 33.2 Å². The predicted molar refractivity (Wildman–Crippen MR) is 176 cm³/mol. The van der Waals surface area contributed by atoms with Crippen molar-refractivity contribution < 1.29 is 31.8 Å². The average Bonchev–Trinajstić information content (AvgIpc) is 3.42. The lowest BCUT2D eigenvalue weighted by atomic mass is 9.63. The third-order valence-corrected chi connectivity index (χ3v) is 12.9. The van der Waals surface area contributed by atoms with Crippen LogP contribution in [-0.2, 0) is 32.5 Å². The molecule has 0 spiro atoms. The molecule has 1 unspecified atom stereocenters. The number of methoxy groups -OCH3 is 1. The maximum absolute atomic E-state index is 15.5. The number of anilines is 1. The third kappa shape index (κ3) is 6.42. The molecule has 46 heavy (non-hydrogen) atoms. The van der Waals surface area contributed by atoms with Crippen molar-refractivity contribution in [2.24, 2.45) is 23.7 Å². The van der Waals surface area contributed by atoms with E-state index in [0.717, 1.165) is 24.8 Å². The number of fused-ring (bicyclic) bond motifs is 6. The van der Waals surface area contributed by atoms with Gasteiger partial charge in [0.25, 0.3) is 5.91 Å². The molecule has 2 heterocycles. The summed E-state index contributed by atoms with van der Waals surface area (Å²) in [5.74, 6) is -0.381. The van der Waals surface area contributed by atoms with E-state index >= 15 is 4.39 Å². The number of nitrogens with one attached hydrogen (secondary N) is 1. The Morgan fingerprint density at radius 3 is 2.74 bits per heavy atom. The fourth-order valence-corrected chi connectivity index (χ4v) is 9.21. The van der Waals surface area contributed by atoms with Gasteiger partial charge < -0.3 is 19.1 Å². The molecule has 4 bridgehead atoms. The fourth-order valence-electron chi connectivity index (χ4n) is 7.70. The predicted octanol–water partition coefficient (Wildman–Crippen LogP) is 6.30. The summed E-state index contributed by atoms with van der Waals surface area (Å²) in [6.07, 6.45) is 8.83. The number of carbonyl (C=O) groups is 1. The Kier molecular flexibility index (Phi) is 9.72. The van der Waals surface area contributed by atoms with Crippen LogP contribution in [0.2, 0.25) is 5.02 Å². The van der Waals surface area contributed by atoms with E-state index in [4.69, 9.17) is 25.8 Å². The Hall–Kier alpha value is -2.66. The molecule has 4 aliphatic rings. The van der Waals surface area contributed by atoms with E-state index in [1.807, 2.05) is 13.0 Å². The first-order chi connectivity index (χ1) is 22.0. The maximum atomic E-state index is 15.5. The molecule has 2 aliphatic carbocycles. The number of benzene rings is 2. The molecule has 6 atom stereocenters. The van der Waals surface area contributed by atoms with Crippen molar-refractivity contribution in [3.63, 3.8) is 0 Å². The molecular weight excluding hydrogens is 631 g/mol. The number of hydrogen-bond donors (Lipinski definition) is 1. The molecule has 2 aliphatic heterocycles. The highest BCUT2D eigenvalue weighted by Gasteiger charge is 2.52. The zero-order valence-electron chi connectivity index (χ0n) is 26.8. The molecule has 0 aromatic heterocycles. The van der Waals surface area contributed by atoms with Crippen LogP contribution in [0.5, 0.6) is 5.75 Å². The minimum atomic E-state index is -4.01. The summed E-state index contributed by atoms with van der Waals surface area (Å²) in [4.78, 5) is 15.7. The van der Waals surface area contributed by atoms with Crippen LogP contribution in [0, 0.1) is 29.5 Å². The molecule has 250 valence electrons. The molecule has 1 N–H and O–H groups in total. The molecule has 2 aromatic carbocycles. The minimum absolute atomic E-state index is 0.0473. The number of hydrogen-bond acceptors (Lipinski definition) is 7. The monoisotopic (exact) mass is 674 g/mol. The Morgan fingerprint density at radius 2 is 1.98 bits per heavy atom. The number of carbonyl (C=O) groups excluding carboxylic acids is 1. The van der Waals surface area contributed by atoms with Gasteiger partial charge in [0.1, 0.15) is 11.6 Å². The van der Waals surface area contributed by atoms with Crippen LogP contribution in [0.3, 0.4) is 0 Å². The summed E-state index contributed by atoms with van der Waals surface area (Å²) in [7, 11) is -2.36. The van der Waals surface area contributed by atoms with Crippen LogP contribution in [0.15, 0.2) is 42.5 Å². The first kappa shape index (κ1) is 33.2. The standard InChI is InChI=1S/C35H44ClFN2O6S/c1-22-23(2)46(41,42)38-34(40)24-9-12-32-31(18-24)39(20-26-8-11-30(36)33(37)28(26)6-4-5-15-44-32)21-27-7-10-29(27)35(45-17-16-43-3)14-13-25(22)19-35/h8-9,11-14,18,22-23,25,27,29H,4-7,10,15-17,19-21H2,1-3H3,(H,38,40)/t22-,23-,25+,27+,29-,35?/m1/s1. The number of ether oxygens (including phenoxy) is 3. The molecule has 2 aromatic rings. The van der Waals surface area contributed by atoms with Crippen molar-refractivity contribution in [1.82, 2.24) is 4.72 Å². The molecular formula is C35H44ClFN2O6S. The van der Waals surface area contributed by atoms with Gasteiger partial charge in [-0.15, -0.1) is 0 Å². The Labute approximate surface area is 276 Å². The van der Waals surface area contributed by atoms with E-state index in [2.05, 4.69) is 21.8 Å². The van der Waals surface area contributed by atoms with Crippen molar-refractivity contribution in [3.05, 3.63) is 70.0 Å². The van der Waals surface area contributed by atoms with Crippen LogP contribution in [-0.4, -0.2) is 58.7 Å². The highest BCUT2D eigenvalue weighted by molar-refractivity contribution is 7.90. The molecule has 0 radical (unpaired) electrons. The zero-order chi connectivity index (χ0) is 32.6. The van der Waals surface area contributed by atoms with Gasteiger partial charge in [-0.25, -0.2) is 17.5 Å². The van der Waals surface area contributed by atoms with Crippen LogP contribution >= 0.6 is 11.6 Å². The SMILES string of the molecule is COCCOC12C=C[C@@H](C1)[C@H](C)[C@@H](C)S(=O)(=O)NC(=O)c1ccc3c(c1)N(Cc1ccc(Cl)c(F)c1CCCCO3)C[C@@H]1CC[C@H]12. The molecule has 8 nitrogen and oxygen atoms in total. The lowest BCUT2D eigenvalue weighted by Crippen LogP contribution is -2.51. The first-order valence-corrected chi connectivity index (χ1v) is 18.3. The maximum Gasteiger partial charge on any atom is 0.264 e. The van der Waals surface area contributed by atoms with Crippen molar-refractivity contribution in [1.29, 1.82) is 0 Å². The lowest BCUT2D eigenvalue weighted by molar-refractivity contribution is -0.113. The molecule has 1 amide bonds. The normalized spacial score (nSPS) is 30.8. The van der Waals surface area contributed by atoms with Crippen molar-refractivity contribution in [2.45, 2.75) is 69.8 Å². The van der Waals surface area contributed by atoms with Gasteiger partial charge in [0.15, 0.2) is 0 Å². The van der Waals surface area contributed by atoms with Gasteiger partial charge in [0, 0.05) is 25.8 Å². The minimum Gasteiger partial charge on any atom is -0.491 e. The van der Waals surface area contributed by atoms with Gasteiger partial charge in [-0.1, -0.05) is 36.7 Å². The number of halogens is 2. The molecule has 11 heteroatoms. The Morgan fingerprint density at radius 1 is 1.15 bits per heavy atom. The van der Waals surface area contributed by atoms with Crippen LogP contribution in [0.4, 0.5) is 10.1 Å².